The number of nitriles is 1. The molecule has 1 aliphatic carbocycles. The first-order valence-electron chi connectivity index (χ1n) is 6.87. The van der Waals surface area contributed by atoms with E-state index < -0.39 is 0 Å². The van der Waals surface area contributed by atoms with Gasteiger partial charge in [-0.1, -0.05) is 19.0 Å². The molecule has 0 spiro atoms. The molecule has 1 aromatic heterocycles. The second-order valence-corrected chi connectivity index (χ2v) is 6.05. The van der Waals surface area contributed by atoms with Gasteiger partial charge in [-0.2, -0.15) is 10.2 Å². The fourth-order valence-corrected chi connectivity index (χ4v) is 2.84. The van der Waals surface area contributed by atoms with Crippen molar-refractivity contribution in [2.75, 3.05) is 7.11 Å². The predicted molar refractivity (Wildman–Crippen MR) is 76.6 cm³/mol. The number of aromatic nitrogens is 2. The quantitative estimate of drug-likeness (QED) is 0.864. The third kappa shape index (κ3) is 2.07. The predicted octanol–water partition coefficient (Wildman–Crippen LogP) is 3.32. The summed E-state index contributed by atoms with van der Waals surface area (Å²) in [6.45, 7) is 6.07. The molecule has 0 aliphatic heterocycles. The normalized spacial score (nSPS) is 22.6. The van der Waals surface area contributed by atoms with Crippen LogP contribution < -0.4 is 4.74 Å². The third-order valence-corrected chi connectivity index (χ3v) is 4.33. The van der Waals surface area contributed by atoms with Gasteiger partial charge in [-0.3, -0.25) is 0 Å². The molecule has 1 fully saturated rings. The average Bonchev–Trinajstić information content (AvgIpc) is 2.82. The minimum absolute atomic E-state index is 0.0306. The molecule has 1 saturated carbocycles. The lowest BCUT2D eigenvalue weighted by atomic mass is 10.1. The molecular formula is C16H17N3O2. The minimum Gasteiger partial charge on any atom is -0.496 e. The largest absolute Gasteiger partial charge is 0.496 e. The van der Waals surface area contributed by atoms with Crippen LogP contribution in [0.3, 0.4) is 0 Å². The van der Waals surface area contributed by atoms with Gasteiger partial charge in [0, 0.05) is 5.56 Å². The molecule has 0 amide bonds. The molecule has 5 nitrogen and oxygen atoms in total. The van der Waals surface area contributed by atoms with E-state index in [0.29, 0.717) is 11.7 Å². The van der Waals surface area contributed by atoms with Gasteiger partial charge in [-0.25, -0.2) is 0 Å². The maximum atomic E-state index is 9.14. The molecule has 3 rings (SSSR count). The fraction of sp³-hybridized carbons (Fsp3) is 0.438. The van der Waals surface area contributed by atoms with E-state index in [4.69, 9.17) is 14.5 Å². The Balaban J connectivity index is 1.90. The Hall–Kier alpha value is -2.35. The number of rotatable bonds is 3. The highest BCUT2D eigenvalue weighted by atomic mass is 16.5. The molecule has 21 heavy (non-hydrogen) atoms. The SMILES string of the molecule is COc1ccc(-c2noc(C3C(C#N)C3(C)C)n2)cc1C. The molecule has 0 N–H and O–H groups in total. The lowest BCUT2D eigenvalue weighted by Crippen LogP contribution is -1.91. The summed E-state index contributed by atoms with van der Waals surface area (Å²) in [4.78, 5) is 4.46. The van der Waals surface area contributed by atoms with Crippen molar-refractivity contribution < 1.29 is 9.26 Å². The van der Waals surface area contributed by atoms with Crippen molar-refractivity contribution in [2.24, 2.45) is 11.3 Å². The van der Waals surface area contributed by atoms with Gasteiger partial charge >= 0.3 is 0 Å². The number of aryl methyl sites for hydroxylation is 1. The highest BCUT2D eigenvalue weighted by Gasteiger charge is 2.62. The van der Waals surface area contributed by atoms with Crippen LogP contribution in [0, 0.1) is 29.6 Å². The van der Waals surface area contributed by atoms with Crippen molar-refractivity contribution in [3.8, 4) is 23.2 Å². The lowest BCUT2D eigenvalue weighted by molar-refractivity contribution is 0.368. The number of hydrogen-bond acceptors (Lipinski definition) is 5. The number of ether oxygens (including phenoxy) is 1. The summed E-state index contributed by atoms with van der Waals surface area (Å²) in [5.74, 6) is 1.91. The maximum Gasteiger partial charge on any atom is 0.232 e. The van der Waals surface area contributed by atoms with Crippen LogP contribution in [0.2, 0.25) is 0 Å². The third-order valence-electron chi connectivity index (χ3n) is 4.33. The van der Waals surface area contributed by atoms with E-state index in [0.717, 1.165) is 16.9 Å². The van der Waals surface area contributed by atoms with Crippen LogP contribution in [0.4, 0.5) is 0 Å². The van der Waals surface area contributed by atoms with Crippen LogP contribution in [0.15, 0.2) is 22.7 Å². The van der Waals surface area contributed by atoms with E-state index in [1.54, 1.807) is 7.11 Å². The van der Waals surface area contributed by atoms with Crippen LogP contribution in [0.5, 0.6) is 5.75 Å². The van der Waals surface area contributed by atoms with Crippen LogP contribution >= 0.6 is 0 Å². The Morgan fingerprint density at radius 1 is 1.38 bits per heavy atom. The van der Waals surface area contributed by atoms with Crippen LogP contribution in [0.1, 0.15) is 31.2 Å². The summed E-state index contributed by atoms with van der Waals surface area (Å²) in [6, 6.07) is 8.06. The summed E-state index contributed by atoms with van der Waals surface area (Å²) >= 11 is 0. The zero-order chi connectivity index (χ0) is 15.2. The Labute approximate surface area is 123 Å². The monoisotopic (exact) mass is 283 g/mol. The number of benzene rings is 1. The molecule has 0 saturated heterocycles. The molecule has 1 aromatic carbocycles. The summed E-state index contributed by atoms with van der Waals surface area (Å²) < 4.78 is 10.6. The number of nitrogens with zero attached hydrogens (tertiary/aromatic N) is 3. The van der Waals surface area contributed by atoms with Crippen molar-refractivity contribution in [2.45, 2.75) is 26.7 Å². The second-order valence-electron chi connectivity index (χ2n) is 6.05. The molecule has 5 heteroatoms. The molecule has 0 radical (unpaired) electrons. The van der Waals surface area contributed by atoms with E-state index in [1.165, 1.54) is 0 Å². The molecule has 108 valence electrons. The van der Waals surface area contributed by atoms with Gasteiger partial charge in [-0.05, 0) is 36.1 Å². The number of hydrogen-bond donors (Lipinski definition) is 0. The zero-order valence-electron chi connectivity index (χ0n) is 12.5. The van der Waals surface area contributed by atoms with Crippen molar-refractivity contribution >= 4 is 0 Å². The maximum absolute atomic E-state index is 9.14. The van der Waals surface area contributed by atoms with E-state index in [1.807, 2.05) is 39.0 Å². The average molecular weight is 283 g/mol. The van der Waals surface area contributed by atoms with Crippen LogP contribution in [-0.4, -0.2) is 17.3 Å². The van der Waals surface area contributed by atoms with Gasteiger partial charge in [0.05, 0.1) is 25.0 Å². The molecule has 1 aliphatic rings. The first-order chi connectivity index (χ1) is 9.98. The van der Waals surface area contributed by atoms with Crippen LogP contribution in [-0.2, 0) is 0 Å². The Kier molecular flexibility index (Phi) is 2.98. The van der Waals surface area contributed by atoms with Crippen molar-refractivity contribution in [1.82, 2.24) is 10.1 Å². The van der Waals surface area contributed by atoms with E-state index in [-0.39, 0.29) is 17.3 Å². The van der Waals surface area contributed by atoms with Gasteiger partial charge in [0.25, 0.3) is 0 Å². The first kappa shape index (κ1) is 13.6. The summed E-state index contributed by atoms with van der Waals surface area (Å²) in [5.41, 5.74) is 1.81. The molecule has 0 bridgehead atoms. The first-order valence-corrected chi connectivity index (χ1v) is 6.87. The Morgan fingerprint density at radius 2 is 2.14 bits per heavy atom. The van der Waals surface area contributed by atoms with Crippen molar-refractivity contribution in [1.29, 1.82) is 5.26 Å². The smallest absolute Gasteiger partial charge is 0.232 e. The highest BCUT2D eigenvalue weighted by Crippen LogP contribution is 2.63. The highest BCUT2D eigenvalue weighted by molar-refractivity contribution is 5.58. The second kappa shape index (κ2) is 4.59. The van der Waals surface area contributed by atoms with Gasteiger partial charge in [0.2, 0.25) is 11.7 Å². The summed E-state index contributed by atoms with van der Waals surface area (Å²) in [7, 11) is 1.64. The fourth-order valence-electron chi connectivity index (χ4n) is 2.84. The van der Waals surface area contributed by atoms with Gasteiger partial charge in [0.15, 0.2) is 0 Å². The molecule has 2 unspecified atom stereocenters. The Bertz CT molecular complexity index is 727. The van der Waals surface area contributed by atoms with E-state index in [9.17, 15) is 0 Å². The summed E-state index contributed by atoms with van der Waals surface area (Å²) in [5, 5.41) is 13.2. The van der Waals surface area contributed by atoms with Gasteiger partial charge in [-0.15, -0.1) is 0 Å². The van der Waals surface area contributed by atoms with E-state index in [2.05, 4.69) is 16.2 Å². The van der Waals surface area contributed by atoms with Crippen molar-refractivity contribution in [3.05, 3.63) is 29.7 Å². The molecule has 1 heterocycles. The lowest BCUT2D eigenvalue weighted by Gasteiger charge is -2.04. The Morgan fingerprint density at radius 3 is 2.71 bits per heavy atom. The number of methoxy groups -OCH3 is 1. The topological polar surface area (TPSA) is 71.9 Å². The summed E-state index contributed by atoms with van der Waals surface area (Å²) in [6.07, 6.45) is 0. The van der Waals surface area contributed by atoms with Crippen LogP contribution in [0.25, 0.3) is 11.4 Å². The van der Waals surface area contributed by atoms with Crippen molar-refractivity contribution in [3.63, 3.8) is 0 Å². The van der Waals surface area contributed by atoms with Gasteiger partial charge < -0.3 is 9.26 Å². The molecular weight excluding hydrogens is 266 g/mol. The standard InChI is InChI=1S/C16H17N3O2/c1-9-7-10(5-6-12(9)20-4)14-18-15(21-19-14)13-11(8-17)16(13,2)3/h5-7,11,13H,1-4H3. The molecule has 2 atom stereocenters. The van der Waals surface area contributed by atoms with E-state index >= 15 is 0 Å². The molecule has 2 aromatic rings. The van der Waals surface area contributed by atoms with Gasteiger partial charge in [0.1, 0.15) is 5.75 Å². The zero-order valence-corrected chi connectivity index (χ0v) is 12.5. The minimum atomic E-state index is -0.0889.